The molecule has 148 valence electrons. The second-order valence-corrected chi connectivity index (χ2v) is 7.05. The summed E-state index contributed by atoms with van der Waals surface area (Å²) in [6, 6.07) is 5.81. The molecular formula is C21H24F4O2. The van der Waals surface area contributed by atoms with Crippen LogP contribution in [0.15, 0.2) is 30.3 Å². The second kappa shape index (κ2) is 9.02. The Labute approximate surface area is 156 Å². The SMILES string of the molecule is C=O.CC(C)Cc1cc(-c2cc(F)cc(C(F)(F)F)c2)cc(C(C)C)c1O. The normalized spacial score (nSPS) is 11.5. The lowest BCUT2D eigenvalue weighted by Crippen LogP contribution is -2.06. The van der Waals surface area contributed by atoms with E-state index in [1.54, 1.807) is 12.1 Å². The molecule has 2 aromatic carbocycles. The Morgan fingerprint density at radius 3 is 2.00 bits per heavy atom. The summed E-state index contributed by atoms with van der Waals surface area (Å²) in [5.41, 5.74) is 0.911. The van der Waals surface area contributed by atoms with Gasteiger partial charge in [-0.15, -0.1) is 0 Å². The maximum Gasteiger partial charge on any atom is 0.416 e. The van der Waals surface area contributed by atoms with Crippen molar-refractivity contribution in [1.82, 2.24) is 0 Å². The average molecular weight is 384 g/mol. The topological polar surface area (TPSA) is 37.3 Å². The Morgan fingerprint density at radius 2 is 1.52 bits per heavy atom. The molecule has 1 N–H and O–H groups in total. The largest absolute Gasteiger partial charge is 0.507 e. The molecule has 0 amide bonds. The predicted molar refractivity (Wildman–Crippen MR) is 98.3 cm³/mol. The number of halogens is 4. The minimum Gasteiger partial charge on any atom is -0.507 e. The number of carbonyl (C=O) groups is 1. The summed E-state index contributed by atoms with van der Waals surface area (Å²) in [6.07, 6.45) is -4.03. The highest BCUT2D eigenvalue weighted by molar-refractivity contribution is 5.68. The monoisotopic (exact) mass is 384 g/mol. The number of alkyl halides is 3. The third kappa shape index (κ3) is 5.81. The van der Waals surface area contributed by atoms with Gasteiger partial charge in [0.2, 0.25) is 0 Å². The molecule has 0 spiro atoms. The van der Waals surface area contributed by atoms with Gasteiger partial charge in [-0.25, -0.2) is 4.39 Å². The van der Waals surface area contributed by atoms with Crippen molar-refractivity contribution in [3.8, 4) is 16.9 Å². The van der Waals surface area contributed by atoms with E-state index < -0.39 is 17.6 Å². The number of carbonyl (C=O) groups excluding carboxylic acids is 1. The number of rotatable bonds is 4. The third-order valence-electron chi connectivity index (χ3n) is 4.03. The first kappa shape index (κ1) is 22.7. The fourth-order valence-electron chi connectivity index (χ4n) is 2.84. The molecule has 0 saturated heterocycles. The van der Waals surface area contributed by atoms with E-state index in [2.05, 4.69) is 0 Å². The van der Waals surface area contributed by atoms with Crippen LogP contribution in [-0.2, 0) is 17.4 Å². The number of aromatic hydroxyl groups is 1. The minimum absolute atomic E-state index is 0.0125. The van der Waals surface area contributed by atoms with Crippen molar-refractivity contribution in [3.05, 3.63) is 52.8 Å². The van der Waals surface area contributed by atoms with E-state index in [-0.39, 0.29) is 23.1 Å². The molecular weight excluding hydrogens is 360 g/mol. The van der Waals surface area contributed by atoms with Crippen LogP contribution in [0.4, 0.5) is 17.6 Å². The zero-order chi connectivity index (χ0) is 20.9. The van der Waals surface area contributed by atoms with E-state index in [1.165, 1.54) is 0 Å². The maximum atomic E-state index is 13.7. The van der Waals surface area contributed by atoms with Crippen LogP contribution in [-0.4, -0.2) is 11.9 Å². The molecule has 0 unspecified atom stereocenters. The molecule has 0 saturated carbocycles. The highest BCUT2D eigenvalue weighted by Gasteiger charge is 2.31. The Bertz CT molecular complexity index is 780. The molecule has 0 aliphatic carbocycles. The lowest BCUT2D eigenvalue weighted by Gasteiger charge is -2.17. The van der Waals surface area contributed by atoms with Crippen LogP contribution in [0.1, 0.15) is 50.3 Å². The summed E-state index contributed by atoms with van der Waals surface area (Å²) >= 11 is 0. The van der Waals surface area contributed by atoms with Gasteiger partial charge >= 0.3 is 6.18 Å². The van der Waals surface area contributed by atoms with E-state index >= 15 is 0 Å². The number of hydrogen-bond donors (Lipinski definition) is 1. The van der Waals surface area contributed by atoms with Crippen molar-refractivity contribution in [2.45, 2.75) is 46.2 Å². The molecule has 0 heterocycles. The van der Waals surface area contributed by atoms with Gasteiger partial charge in [-0.3, -0.25) is 0 Å². The van der Waals surface area contributed by atoms with Gasteiger partial charge in [0.05, 0.1) is 5.56 Å². The van der Waals surface area contributed by atoms with E-state index in [0.29, 0.717) is 29.2 Å². The van der Waals surface area contributed by atoms with Crippen LogP contribution < -0.4 is 0 Å². The number of phenols is 1. The molecule has 0 aliphatic heterocycles. The molecule has 0 atom stereocenters. The maximum absolute atomic E-state index is 13.7. The lowest BCUT2D eigenvalue weighted by molar-refractivity contribution is -0.137. The molecule has 0 fully saturated rings. The van der Waals surface area contributed by atoms with Crippen LogP contribution in [0, 0.1) is 11.7 Å². The van der Waals surface area contributed by atoms with E-state index in [0.717, 1.165) is 12.1 Å². The van der Waals surface area contributed by atoms with Crippen molar-refractivity contribution in [1.29, 1.82) is 0 Å². The highest BCUT2D eigenvalue weighted by Crippen LogP contribution is 2.38. The predicted octanol–water partition coefficient (Wildman–Crippen LogP) is 6.35. The zero-order valence-electron chi connectivity index (χ0n) is 15.8. The Balaban J connectivity index is 0.00000176. The van der Waals surface area contributed by atoms with Crippen LogP contribution in [0.2, 0.25) is 0 Å². The van der Waals surface area contributed by atoms with E-state index in [1.807, 2.05) is 34.5 Å². The summed E-state index contributed by atoms with van der Waals surface area (Å²) in [5, 5.41) is 10.5. The fraction of sp³-hybridized carbons (Fsp3) is 0.381. The summed E-state index contributed by atoms with van der Waals surface area (Å²) in [6.45, 7) is 9.77. The van der Waals surface area contributed by atoms with Gasteiger partial charge in [-0.2, -0.15) is 13.2 Å². The van der Waals surface area contributed by atoms with Gasteiger partial charge in [0.15, 0.2) is 0 Å². The van der Waals surface area contributed by atoms with Gasteiger partial charge in [0, 0.05) is 0 Å². The molecule has 6 heteroatoms. The molecule has 2 rings (SSSR count). The smallest absolute Gasteiger partial charge is 0.416 e. The van der Waals surface area contributed by atoms with E-state index in [4.69, 9.17) is 4.79 Å². The van der Waals surface area contributed by atoms with Crippen LogP contribution in [0.5, 0.6) is 5.75 Å². The van der Waals surface area contributed by atoms with Crippen LogP contribution in [0.25, 0.3) is 11.1 Å². The van der Waals surface area contributed by atoms with E-state index in [9.17, 15) is 22.7 Å². The Morgan fingerprint density at radius 1 is 0.963 bits per heavy atom. The molecule has 0 bridgehead atoms. The average Bonchev–Trinajstić information content (AvgIpc) is 2.56. The van der Waals surface area contributed by atoms with Crippen LogP contribution in [0.3, 0.4) is 0 Å². The van der Waals surface area contributed by atoms with Gasteiger partial charge in [-0.05, 0) is 70.8 Å². The molecule has 2 aromatic rings. The molecule has 27 heavy (non-hydrogen) atoms. The third-order valence-corrected chi connectivity index (χ3v) is 4.03. The Kier molecular flexibility index (Phi) is 7.57. The standard InChI is InChI=1S/C20H22F4O.CH2O/c1-11(2)5-15-6-13(9-18(12(3)4)19(15)25)14-7-16(20(22,23)24)10-17(21)8-14;1-2/h6-12,25H,5H2,1-4H3;1H2. The second-order valence-electron chi connectivity index (χ2n) is 7.05. The number of benzene rings is 2. The molecule has 0 radical (unpaired) electrons. The first-order valence-corrected chi connectivity index (χ1v) is 8.51. The minimum atomic E-state index is -4.62. The van der Waals surface area contributed by atoms with Crippen molar-refractivity contribution < 1.29 is 27.5 Å². The van der Waals surface area contributed by atoms with Crippen molar-refractivity contribution in [3.63, 3.8) is 0 Å². The van der Waals surface area contributed by atoms with Gasteiger partial charge in [0.25, 0.3) is 0 Å². The molecule has 0 aromatic heterocycles. The summed E-state index contributed by atoms with van der Waals surface area (Å²) in [4.78, 5) is 8.00. The summed E-state index contributed by atoms with van der Waals surface area (Å²) in [5.74, 6) is -0.518. The number of phenolic OH excluding ortho intramolecular Hbond substituents is 1. The van der Waals surface area contributed by atoms with Gasteiger partial charge in [-0.1, -0.05) is 27.7 Å². The molecule has 0 aliphatic rings. The zero-order valence-corrected chi connectivity index (χ0v) is 15.8. The quantitative estimate of drug-likeness (QED) is 0.623. The number of hydrogen-bond acceptors (Lipinski definition) is 2. The van der Waals surface area contributed by atoms with Gasteiger partial charge < -0.3 is 9.90 Å². The van der Waals surface area contributed by atoms with Crippen LogP contribution >= 0.6 is 0 Å². The van der Waals surface area contributed by atoms with Crippen molar-refractivity contribution in [2.75, 3.05) is 0 Å². The fourth-order valence-corrected chi connectivity index (χ4v) is 2.84. The summed E-state index contributed by atoms with van der Waals surface area (Å²) in [7, 11) is 0. The first-order chi connectivity index (χ1) is 12.5. The summed E-state index contributed by atoms with van der Waals surface area (Å²) < 4.78 is 52.7. The highest BCUT2D eigenvalue weighted by atomic mass is 19.4. The lowest BCUT2D eigenvalue weighted by atomic mass is 9.90. The Hall–Kier alpha value is -2.37. The van der Waals surface area contributed by atoms with Gasteiger partial charge in [0.1, 0.15) is 18.4 Å². The molecule has 2 nitrogen and oxygen atoms in total. The first-order valence-electron chi connectivity index (χ1n) is 8.51. The van der Waals surface area contributed by atoms with Crippen molar-refractivity contribution in [2.24, 2.45) is 5.92 Å². The van der Waals surface area contributed by atoms with Crippen molar-refractivity contribution >= 4 is 6.79 Å².